The highest BCUT2D eigenvalue weighted by atomic mass is 16.3. The van der Waals surface area contributed by atoms with Gasteiger partial charge in [-0.3, -0.25) is 0 Å². The van der Waals surface area contributed by atoms with E-state index < -0.39 is 0 Å². The van der Waals surface area contributed by atoms with E-state index in [9.17, 15) is 0 Å². The lowest BCUT2D eigenvalue weighted by Gasteiger charge is -2.02. The third-order valence-electron chi connectivity index (χ3n) is 2.28. The molecule has 0 radical (unpaired) electrons. The Morgan fingerprint density at radius 1 is 0.565 bits per heavy atom. The third-order valence-corrected chi connectivity index (χ3v) is 2.28. The van der Waals surface area contributed by atoms with Crippen LogP contribution < -0.4 is 0 Å². The summed E-state index contributed by atoms with van der Waals surface area (Å²) in [6, 6.07) is 14.3. The smallest absolute Gasteiger partial charge is 0.115 e. The molecule has 2 nitrogen and oxygen atoms in total. The first-order chi connectivity index (χ1) is 11.1. The Morgan fingerprint density at radius 2 is 0.783 bits per heavy atom. The molecular weight excluding hydrogens is 284 g/mol. The molecule has 0 saturated heterocycles. The van der Waals surface area contributed by atoms with Gasteiger partial charge in [0.15, 0.2) is 0 Å². The van der Waals surface area contributed by atoms with Crippen molar-refractivity contribution in [1.82, 2.24) is 0 Å². The van der Waals surface area contributed by atoms with Gasteiger partial charge in [-0.25, -0.2) is 0 Å². The van der Waals surface area contributed by atoms with Crippen LogP contribution in [0.25, 0.3) is 0 Å². The number of phenolic OH excluding ortho intramolecular Hbond substituents is 2. The van der Waals surface area contributed by atoms with Crippen molar-refractivity contribution >= 4 is 0 Å². The second-order valence-corrected chi connectivity index (χ2v) is 4.92. The van der Waals surface area contributed by atoms with E-state index in [4.69, 9.17) is 10.2 Å². The van der Waals surface area contributed by atoms with Crippen molar-refractivity contribution in [2.75, 3.05) is 0 Å². The number of hydrogen-bond acceptors (Lipinski definition) is 2. The van der Waals surface area contributed by atoms with Crippen molar-refractivity contribution in [1.29, 1.82) is 0 Å². The van der Waals surface area contributed by atoms with Crippen LogP contribution in [0.3, 0.4) is 0 Å². The van der Waals surface area contributed by atoms with Gasteiger partial charge in [0, 0.05) is 0 Å². The zero-order valence-corrected chi connectivity index (χ0v) is 15.6. The third kappa shape index (κ3) is 13.4. The zero-order valence-electron chi connectivity index (χ0n) is 15.6. The van der Waals surface area contributed by atoms with Gasteiger partial charge >= 0.3 is 0 Å². The van der Waals surface area contributed by atoms with E-state index in [0.29, 0.717) is 0 Å². The van der Waals surface area contributed by atoms with Gasteiger partial charge in [0.2, 0.25) is 0 Å². The van der Waals surface area contributed by atoms with Crippen LogP contribution in [0, 0.1) is 0 Å². The zero-order chi connectivity index (χ0) is 18.1. The molecule has 2 aromatic rings. The molecule has 2 aromatic carbocycles. The summed E-state index contributed by atoms with van der Waals surface area (Å²) in [5, 5.41) is 18.3. The fourth-order valence-electron chi connectivity index (χ4n) is 1.46. The Balaban J connectivity index is 0. The molecule has 0 aliphatic rings. The summed E-state index contributed by atoms with van der Waals surface area (Å²) in [5.74, 6) is 0.564. The quantitative estimate of drug-likeness (QED) is 0.659. The Kier molecular flexibility index (Phi) is 16.6. The number of aromatic hydroxyl groups is 2. The monoisotopic (exact) mass is 318 g/mol. The summed E-state index contributed by atoms with van der Waals surface area (Å²) in [5.41, 5.74) is 2.27. The number of benzene rings is 2. The lowest BCUT2D eigenvalue weighted by atomic mass is 10.1. The molecule has 0 amide bonds. The fraction of sp³-hybridized carbons (Fsp3) is 0.429. The predicted octanol–water partition coefficient (Wildman–Crippen LogP) is 6.55. The van der Waals surface area contributed by atoms with Crippen LogP contribution in [-0.2, 0) is 6.42 Å². The van der Waals surface area contributed by atoms with Crippen LogP contribution in [0.5, 0.6) is 11.5 Å². The normalized spacial score (nSPS) is 8.43. The van der Waals surface area contributed by atoms with Gasteiger partial charge in [0.1, 0.15) is 11.5 Å². The summed E-state index contributed by atoms with van der Waals surface area (Å²) < 4.78 is 0. The largest absolute Gasteiger partial charge is 0.508 e. The summed E-state index contributed by atoms with van der Waals surface area (Å²) in [6.45, 7) is 12.5. The van der Waals surface area contributed by atoms with Gasteiger partial charge < -0.3 is 10.2 Å². The van der Waals surface area contributed by atoms with E-state index in [0.717, 1.165) is 17.5 Å². The summed E-state index contributed by atoms with van der Waals surface area (Å²) in [6.07, 6.45) is 3.31. The predicted molar refractivity (Wildman–Crippen MR) is 102 cm³/mol. The van der Waals surface area contributed by atoms with Gasteiger partial charge in [0.25, 0.3) is 0 Å². The van der Waals surface area contributed by atoms with Crippen LogP contribution in [-0.4, -0.2) is 10.2 Å². The molecule has 0 bridgehead atoms. The molecule has 130 valence electrons. The molecule has 2 N–H and O–H groups in total. The van der Waals surface area contributed by atoms with Crippen LogP contribution in [0.1, 0.15) is 65.5 Å². The molecule has 2 rings (SSSR count). The molecule has 0 unspecified atom stereocenters. The molecule has 0 aliphatic heterocycles. The molecule has 0 aliphatic carbocycles. The lowest BCUT2D eigenvalue weighted by Crippen LogP contribution is -1.86. The molecule has 23 heavy (non-hydrogen) atoms. The second-order valence-electron chi connectivity index (χ2n) is 4.92. The minimum Gasteiger partial charge on any atom is -0.508 e. The van der Waals surface area contributed by atoms with Crippen molar-refractivity contribution in [3.63, 3.8) is 0 Å². The molecule has 2 heteroatoms. The SMILES string of the molecule is CC.CCC.CCC.Oc1ccc(Cc2ccc(O)cc2)cc1. The van der Waals surface area contributed by atoms with Crippen LogP contribution in [0.4, 0.5) is 0 Å². The molecule has 0 heterocycles. The molecule has 0 spiro atoms. The van der Waals surface area contributed by atoms with E-state index in [2.05, 4.69) is 27.7 Å². The van der Waals surface area contributed by atoms with Gasteiger partial charge in [-0.2, -0.15) is 0 Å². The standard InChI is InChI=1S/C13H12O2.2C3H8.C2H6/c14-12-5-1-10(2-6-12)9-11-3-7-13(15)8-4-11;2*1-3-2;1-2/h1-8,14-15H,9H2;2*3H2,1-2H3;1-2H3. The van der Waals surface area contributed by atoms with E-state index in [-0.39, 0.29) is 11.5 Å². The Bertz CT molecular complexity index is 413. The minimum atomic E-state index is 0.282. The van der Waals surface area contributed by atoms with E-state index in [1.807, 2.05) is 38.1 Å². The van der Waals surface area contributed by atoms with Crippen molar-refractivity contribution in [2.45, 2.75) is 60.8 Å². The van der Waals surface area contributed by atoms with Crippen LogP contribution in [0.15, 0.2) is 48.5 Å². The maximum Gasteiger partial charge on any atom is 0.115 e. The molecule has 0 aromatic heterocycles. The Hall–Kier alpha value is -1.96. The van der Waals surface area contributed by atoms with Gasteiger partial charge in [-0.1, -0.05) is 78.6 Å². The van der Waals surface area contributed by atoms with Crippen molar-refractivity contribution in [3.8, 4) is 11.5 Å². The van der Waals surface area contributed by atoms with Crippen LogP contribution >= 0.6 is 0 Å². The average Bonchev–Trinajstić information content (AvgIpc) is 2.55. The molecular formula is C21H34O2. The highest BCUT2D eigenvalue weighted by molar-refractivity contribution is 5.32. The first-order valence-electron chi connectivity index (χ1n) is 8.63. The van der Waals surface area contributed by atoms with Gasteiger partial charge in [-0.05, 0) is 41.8 Å². The Labute approximate surface area is 142 Å². The van der Waals surface area contributed by atoms with Crippen molar-refractivity contribution in [3.05, 3.63) is 59.7 Å². The van der Waals surface area contributed by atoms with Crippen molar-refractivity contribution < 1.29 is 10.2 Å². The highest BCUT2D eigenvalue weighted by Gasteiger charge is 1.96. The minimum absolute atomic E-state index is 0.282. The summed E-state index contributed by atoms with van der Waals surface area (Å²) >= 11 is 0. The van der Waals surface area contributed by atoms with Gasteiger partial charge in [-0.15, -0.1) is 0 Å². The topological polar surface area (TPSA) is 40.5 Å². The number of hydrogen-bond donors (Lipinski definition) is 2. The molecule has 0 atom stereocenters. The van der Waals surface area contributed by atoms with E-state index in [1.54, 1.807) is 24.3 Å². The van der Waals surface area contributed by atoms with Gasteiger partial charge in [0.05, 0.1) is 0 Å². The molecule has 0 fully saturated rings. The van der Waals surface area contributed by atoms with E-state index >= 15 is 0 Å². The average molecular weight is 319 g/mol. The lowest BCUT2D eigenvalue weighted by molar-refractivity contribution is 0.475. The van der Waals surface area contributed by atoms with Crippen molar-refractivity contribution in [2.24, 2.45) is 0 Å². The molecule has 0 saturated carbocycles. The fourth-order valence-corrected chi connectivity index (χ4v) is 1.46. The summed E-state index contributed by atoms with van der Waals surface area (Å²) in [4.78, 5) is 0. The second kappa shape index (κ2) is 16.4. The number of phenols is 2. The summed E-state index contributed by atoms with van der Waals surface area (Å²) in [7, 11) is 0. The maximum absolute atomic E-state index is 9.13. The number of rotatable bonds is 2. The first-order valence-corrected chi connectivity index (χ1v) is 8.63. The Morgan fingerprint density at radius 3 is 1.00 bits per heavy atom. The maximum atomic E-state index is 9.13. The van der Waals surface area contributed by atoms with Crippen LogP contribution in [0.2, 0.25) is 0 Å². The highest BCUT2D eigenvalue weighted by Crippen LogP contribution is 2.15. The van der Waals surface area contributed by atoms with E-state index in [1.165, 1.54) is 12.8 Å². The first kappa shape index (κ1) is 23.3.